The lowest BCUT2D eigenvalue weighted by Crippen LogP contribution is -2.48. The van der Waals surface area contributed by atoms with E-state index in [1.165, 1.54) is 16.8 Å². The average Bonchev–Trinajstić information content (AvgIpc) is 2.92. The van der Waals surface area contributed by atoms with Crippen molar-refractivity contribution in [3.05, 3.63) is 29.8 Å². The van der Waals surface area contributed by atoms with Gasteiger partial charge in [0.1, 0.15) is 12.6 Å². The van der Waals surface area contributed by atoms with Crippen molar-refractivity contribution in [3.63, 3.8) is 0 Å². The number of ether oxygens (including phenoxy) is 1. The Morgan fingerprint density at radius 1 is 1.14 bits per heavy atom. The molecule has 2 aliphatic rings. The summed E-state index contributed by atoms with van der Waals surface area (Å²) in [5.74, 6) is -1.08. The van der Waals surface area contributed by atoms with E-state index in [4.69, 9.17) is 4.74 Å². The summed E-state index contributed by atoms with van der Waals surface area (Å²) in [7, 11) is 1.49. The van der Waals surface area contributed by atoms with Crippen LogP contribution in [0, 0.1) is 6.92 Å². The van der Waals surface area contributed by atoms with Crippen LogP contribution in [0.15, 0.2) is 24.3 Å². The number of benzene rings is 1. The van der Waals surface area contributed by atoms with Crippen LogP contribution in [0.25, 0.3) is 0 Å². The number of urea groups is 1. The molecule has 1 aromatic carbocycles. The van der Waals surface area contributed by atoms with Gasteiger partial charge >= 0.3 is 6.03 Å². The van der Waals surface area contributed by atoms with E-state index in [2.05, 4.69) is 0 Å². The van der Waals surface area contributed by atoms with Crippen LogP contribution in [0.5, 0.6) is 0 Å². The Bertz CT molecular complexity index is 804. The molecule has 29 heavy (non-hydrogen) atoms. The molecule has 156 valence electrons. The molecule has 0 saturated carbocycles. The SMILES string of the molecule is Cc1ccc(N2C(=O)N(CC(=O)N(C)CC(=O)N3CCOCC3)C(=O)[C@@H]2C)cc1. The molecular weight excluding hydrogens is 376 g/mol. The second-order valence-corrected chi connectivity index (χ2v) is 7.33. The van der Waals surface area contributed by atoms with E-state index in [0.717, 1.165) is 10.5 Å². The average molecular weight is 402 g/mol. The van der Waals surface area contributed by atoms with Gasteiger partial charge in [-0.3, -0.25) is 24.2 Å². The highest BCUT2D eigenvalue weighted by molar-refractivity contribution is 6.15. The van der Waals surface area contributed by atoms with Crippen molar-refractivity contribution in [1.82, 2.24) is 14.7 Å². The summed E-state index contributed by atoms with van der Waals surface area (Å²) in [5.41, 5.74) is 1.64. The van der Waals surface area contributed by atoms with E-state index in [0.29, 0.717) is 32.0 Å². The summed E-state index contributed by atoms with van der Waals surface area (Å²) in [6, 6.07) is 6.04. The van der Waals surface area contributed by atoms with E-state index in [1.54, 1.807) is 24.0 Å². The number of morpholine rings is 1. The van der Waals surface area contributed by atoms with Gasteiger partial charge in [0.15, 0.2) is 0 Å². The van der Waals surface area contributed by atoms with Gasteiger partial charge in [-0.15, -0.1) is 0 Å². The number of anilines is 1. The zero-order chi connectivity index (χ0) is 21.1. The first kappa shape index (κ1) is 20.8. The highest BCUT2D eigenvalue weighted by Crippen LogP contribution is 2.26. The lowest BCUT2D eigenvalue weighted by atomic mass is 10.2. The van der Waals surface area contributed by atoms with Crippen LogP contribution in [-0.2, 0) is 19.1 Å². The minimum Gasteiger partial charge on any atom is -0.378 e. The van der Waals surface area contributed by atoms with Gasteiger partial charge in [0.25, 0.3) is 5.91 Å². The predicted molar refractivity (Wildman–Crippen MR) is 105 cm³/mol. The van der Waals surface area contributed by atoms with Crippen molar-refractivity contribution in [2.45, 2.75) is 19.9 Å². The first-order valence-corrected chi connectivity index (χ1v) is 9.60. The Labute approximate surface area is 169 Å². The third-order valence-corrected chi connectivity index (χ3v) is 5.22. The highest BCUT2D eigenvalue weighted by Gasteiger charge is 2.44. The number of aryl methyl sites for hydroxylation is 1. The molecule has 0 radical (unpaired) electrons. The molecule has 0 aliphatic carbocycles. The number of carbonyl (C=O) groups is 4. The molecule has 2 saturated heterocycles. The molecule has 5 amide bonds. The van der Waals surface area contributed by atoms with Gasteiger partial charge in [-0.2, -0.15) is 0 Å². The van der Waals surface area contributed by atoms with Crippen molar-refractivity contribution < 1.29 is 23.9 Å². The molecule has 0 aromatic heterocycles. The minimum absolute atomic E-state index is 0.105. The smallest absolute Gasteiger partial charge is 0.332 e. The van der Waals surface area contributed by atoms with Crippen LogP contribution in [0.4, 0.5) is 10.5 Å². The molecule has 1 aromatic rings. The molecule has 9 heteroatoms. The van der Waals surface area contributed by atoms with Crippen LogP contribution in [0.3, 0.4) is 0 Å². The number of carbonyl (C=O) groups excluding carboxylic acids is 4. The summed E-state index contributed by atoms with van der Waals surface area (Å²) in [6.07, 6.45) is 0. The van der Waals surface area contributed by atoms with Crippen LogP contribution in [0.1, 0.15) is 12.5 Å². The summed E-state index contributed by atoms with van der Waals surface area (Å²) < 4.78 is 5.22. The molecule has 0 spiro atoms. The van der Waals surface area contributed by atoms with E-state index in [-0.39, 0.29) is 12.5 Å². The Morgan fingerprint density at radius 2 is 1.76 bits per heavy atom. The number of nitrogens with zero attached hydrogens (tertiary/aromatic N) is 4. The topological polar surface area (TPSA) is 90.5 Å². The van der Waals surface area contributed by atoms with Gasteiger partial charge in [0.05, 0.1) is 19.8 Å². The number of imide groups is 1. The van der Waals surface area contributed by atoms with E-state index < -0.39 is 30.4 Å². The van der Waals surface area contributed by atoms with E-state index in [9.17, 15) is 19.2 Å². The molecule has 0 bridgehead atoms. The third-order valence-electron chi connectivity index (χ3n) is 5.22. The number of hydrogen-bond acceptors (Lipinski definition) is 5. The van der Waals surface area contributed by atoms with Crippen molar-refractivity contribution >= 4 is 29.4 Å². The Morgan fingerprint density at radius 3 is 2.38 bits per heavy atom. The second-order valence-electron chi connectivity index (χ2n) is 7.33. The summed E-state index contributed by atoms with van der Waals surface area (Å²) in [5, 5.41) is 0. The number of likely N-dealkylation sites (N-methyl/N-ethyl adjacent to an activating group) is 1. The number of amides is 5. The first-order valence-electron chi connectivity index (χ1n) is 9.60. The fourth-order valence-electron chi connectivity index (χ4n) is 3.37. The fourth-order valence-corrected chi connectivity index (χ4v) is 3.37. The molecule has 2 heterocycles. The largest absolute Gasteiger partial charge is 0.378 e. The van der Waals surface area contributed by atoms with Crippen LogP contribution >= 0.6 is 0 Å². The highest BCUT2D eigenvalue weighted by atomic mass is 16.5. The standard InChI is InChI=1S/C20H26N4O5/c1-14-4-6-16(7-5-14)24-15(2)19(27)23(20(24)28)13-17(25)21(3)12-18(26)22-8-10-29-11-9-22/h4-7,15H,8-13H2,1-3H3/t15-/m0/s1. The fraction of sp³-hybridized carbons (Fsp3) is 0.500. The molecule has 0 N–H and O–H groups in total. The van der Waals surface area contributed by atoms with Crippen molar-refractivity contribution in [1.29, 1.82) is 0 Å². The van der Waals surface area contributed by atoms with Crippen molar-refractivity contribution in [2.75, 3.05) is 51.3 Å². The number of hydrogen-bond donors (Lipinski definition) is 0. The Balaban J connectivity index is 1.63. The molecule has 3 rings (SSSR count). The zero-order valence-electron chi connectivity index (χ0n) is 17.0. The van der Waals surface area contributed by atoms with Crippen LogP contribution < -0.4 is 4.90 Å². The van der Waals surface area contributed by atoms with Crippen LogP contribution in [-0.4, -0.2) is 90.9 Å². The Hall–Kier alpha value is -2.94. The lowest BCUT2D eigenvalue weighted by Gasteiger charge is -2.29. The van der Waals surface area contributed by atoms with Gasteiger partial charge < -0.3 is 14.5 Å². The van der Waals surface area contributed by atoms with Gasteiger partial charge in [-0.1, -0.05) is 17.7 Å². The predicted octanol–water partition coefficient (Wildman–Crippen LogP) is 0.469. The summed E-state index contributed by atoms with van der Waals surface area (Å²) in [4.78, 5) is 55.5. The molecule has 1 atom stereocenters. The van der Waals surface area contributed by atoms with Gasteiger partial charge in [-0.05, 0) is 26.0 Å². The maximum absolute atomic E-state index is 12.8. The molecule has 2 fully saturated rings. The first-order chi connectivity index (χ1) is 13.8. The third kappa shape index (κ3) is 4.40. The van der Waals surface area contributed by atoms with Gasteiger partial charge in [0, 0.05) is 25.8 Å². The molecule has 2 aliphatic heterocycles. The Kier molecular flexibility index (Phi) is 6.17. The normalized spacial score (nSPS) is 19.7. The van der Waals surface area contributed by atoms with E-state index in [1.807, 2.05) is 19.1 Å². The second kappa shape index (κ2) is 8.60. The van der Waals surface area contributed by atoms with E-state index >= 15 is 0 Å². The molecule has 0 unspecified atom stereocenters. The summed E-state index contributed by atoms with van der Waals surface area (Å²) in [6.45, 7) is 5.02. The monoisotopic (exact) mass is 402 g/mol. The van der Waals surface area contributed by atoms with Crippen molar-refractivity contribution in [3.8, 4) is 0 Å². The van der Waals surface area contributed by atoms with Crippen LogP contribution in [0.2, 0.25) is 0 Å². The quantitative estimate of drug-likeness (QED) is 0.668. The maximum Gasteiger partial charge on any atom is 0.332 e. The maximum atomic E-state index is 12.8. The minimum atomic E-state index is -0.696. The number of rotatable bonds is 5. The van der Waals surface area contributed by atoms with Gasteiger partial charge in [0.2, 0.25) is 11.8 Å². The molecule has 9 nitrogen and oxygen atoms in total. The molecular formula is C20H26N4O5. The lowest BCUT2D eigenvalue weighted by molar-refractivity contribution is -0.143. The summed E-state index contributed by atoms with van der Waals surface area (Å²) >= 11 is 0. The van der Waals surface area contributed by atoms with Gasteiger partial charge in [-0.25, -0.2) is 4.79 Å². The zero-order valence-corrected chi connectivity index (χ0v) is 17.0. The van der Waals surface area contributed by atoms with Crippen molar-refractivity contribution in [2.24, 2.45) is 0 Å².